The monoisotopic (exact) mass is 498 g/mol. The Balaban J connectivity index is 1.45. The zero-order valence-corrected chi connectivity index (χ0v) is 21.6. The van der Waals surface area contributed by atoms with Gasteiger partial charge < -0.3 is 14.6 Å². The molecule has 0 fully saturated rings. The molecule has 34 heavy (non-hydrogen) atoms. The first kappa shape index (κ1) is 24.5. The third-order valence-electron chi connectivity index (χ3n) is 6.07. The molecule has 2 aromatic heterocycles. The lowest BCUT2D eigenvalue weighted by atomic mass is 10.0. The Hall–Kier alpha value is -2.65. The van der Waals surface area contributed by atoms with Crippen molar-refractivity contribution in [3.8, 4) is 11.4 Å². The third-order valence-corrected chi connectivity index (χ3v) is 8.29. The number of hydrogen-bond acceptors (Lipinski definition) is 7. The molecule has 3 aromatic rings. The predicted octanol–water partition coefficient (Wildman–Crippen LogP) is 5.45. The normalized spacial score (nSPS) is 13.4. The number of benzene rings is 1. The Morgan fingerprint density at radius 1 is 1.15 bits per heavy atom. The summed E-state index contributed by atoms with van der Waals surface area (Å²) in [6, 6.07) is 8.32. The minimum atomic E-state index is -0.385. The van der Waals surface area contributed by atoms with Crippen molar-refractivity contribution in [3.63, 3.8) is 0 Å². The first-order chi connectivity index (χ1) is 16.4. The molecule has 0 unspecified atom stereocenters. The van der Waals surface area contributed by atoms with E-state index in [9.17, 15) is 9.59 Å². The summed E-state index contributed by atoms with van der Waals surface area (Å²) >= 11 is 2.82. The molecule has 1 aliphatic carbocycles. The van der Waals surface area contributed by atoms with Gasteiger partial charge in [-0.25, -0.2) is 4.79 Å². The second-order valence-corrected chi connectivity index (χ2v) is 10.8. The summed E-state index contributed by atoms with van der Waals surface area (Å²) in [5.74, 6) is 0.826. The number of carbonyl (C=O) groups excluding carboxylic acids is 2. The molecule has 9 heteroatoms. The summed E-state index contributed by atoms with van der Waals surface area (Å²) in [7, 11) is 3.28. The molecule has 1 aromatic carbocycles. The average molecular weight is 499 g/mol. The lowest BCUT2D eigenvalue weighted by Crippen LogP contribution is -2.16. The summed E-state index contributed by atoms with van der Waals surface area (Å²) < 4.78 is 6.92. The molecule has 0 saturated heterocycles. The molecule has 0 spiro atoms. The summed E-state index contributed by atoms with van der Waals surface area (Å²) in [6.45, 7) is 4.33. The Morgan fingerprint density at radius 3 is 2.59 bits per heavy atom. The van der Waals surface area contributed by atoms with Gasteiger partial charge in [0.1, 0.15) is 5.00 Å². The molecular weight excluding hydrogens is 468 g/mol. The van der Waals surface area contributed by atoms with Gasteiger partial charge in [-0.15, -0.1) is 21.5 Å². The Bertz CT molecular complexity index is 1180. The first-order valence-corrected chi connectivity index (χ1v) is 13.3. The van der Waals surface area contributed by atoms with E-state index in [1.807, 2.05) is 11.6 Å². The highest BCUT2D eigenvalue weighted by atomic mass is 32.2. The van der Waals surface area contributed by atoms with E-state index in [0.29, 0.717) is 21.6 Å². The molecule has 180 valence electrons. The molecular formula is C25H30N4O3S2. The molecule has 1 aliphatic rings. The zero-order chi connectivity index (χ0) is 24.2. The van der Waals surface area contributed by atoms with Crippen molar-refractivity contribution in [2.75, 3.05) is 18.2 Å². The maximum atomic E-state index is 12.8. The van der Waals surface area contributed by atoms with Crippen LogP contribution < -0.4 is 5.32 Å². The fraction of sp³-hybridized carbons (Fsp3) is 0.440. The van der Waals surface area contributed by atoms with Crippen LogP contribution in [0.2, 0.25) is 0 Å². The van der Waals surface area contributed by atoms with E-state index < -0.39 is 0 Å². The molecule has 0 saturated carbocycles. The Labute approximate surface area is 208 Å². The number of methoxy groups -OCH3 is 1. The van der Waals surface area contributed by atoms with Gasteiger partial charge in [0.25, 0.3) is 0 Å². The van der Waals surface area contributed by atoms with Crippen LogP contribution in [0, 0.1) is 0 Å². The molecule has 2 heterocycles. The number of carbonyl (C=O) groups is 2. The predicted molar refractivity (Wildman–Crippen MR) is 137 cm³/mol. The number of nitrogens with zero attached hydrogens (tertiary/aromatic N) is 3. The minimum absolute atomic E-state index is 0.168. The first-order valence-electron chi connectivity index (χ1n) is 11.5. The lowest BCUT2D eigenvalue weighted by molar-refractivity contribution is -0.113. The van der Waals surface area contributed by atoms with Gasteiger partial charge in [0.15, 0.2) is 11.0 Å². The average Bonchev–Trinajstić information content (AvgIpc) is 3.27. The number of rotatable bonds is 7. The third kappa shape index (κ3) is 5.20. The molecule has 0 bridgehead atoms. The van der Waals surface area contributed by atoms with Gasteiger partial charge in [-0.2, -0.15) is 0 Å². The second kappa shape index (κ2) is 10.7. The van der Waals surface area contributed by atoms with Crippen LogP contribution in [0.3, 0.4) is 0 Å². The summed E-state index contributed by atoms with van der Waals surface area (Å²) in [5, 5.41) is 12.8. The van der Waals surface area contributed by atoms with Crippen molar-refractivity contribution < 1.29 is 14.3 Å². The van der Waals surface area contributed by atoms with Crippen LogP contribution in [0.4, 0.5) is 5.00 Å². The number of anilines is 1. The van der Waals surface area contributed by atoms with Crippen LogP contribution in [-0.2, 0) is 29.4 Å². The van der Waals surface area contributed by atoms with Gasteiger partial charge in [0.2, 0.25) is 5.91 Å². The van der Waals surface area contributed by atoms with Crippen molar-refractivity contribution in [2.24, 2.45) is 7.05 Å². The van der Waals surface area contributed by atoms with E-state index in [2.05, 4.69) is 53.6 Å². The van der Waals surface area contributed by atoms with E-state index in [-0.39, 0.29) is 17.6 Å². The van der Waals surface area contributed by atoms with Crippen LogP contribution in [0.25, 0.3) is 11.4 Å². The maximum absolute atomic E-state index is 12.8. The lowest BCUT2D eigenvalue weighted by Gasteiger charge is -2.08. The van der Waals surface area contributed by atoms with Crippen molar-refractivity contribution in [1.29, 1.82) is 0 Å². The Kier molecular flexibility index (Phi) is 7.73. The van der Waals surface area contributed by atoms with Crippen molar-refractivity contribution in [2.45, 2.75) is 57.0 Å². The van der Waals surface area contributed by atoms with E-state index in [4.69, 9.17) is 4.74 Å². The van der Waals surface area contributed by atoms with E-state index in [1.165, 1.54) is 40.6 Å². The van der Waals surface area contributed by atoms with Crippen molar-refractivity contribution in [1.82, 2.24) is 14.8 Å². The van der Waals surface area contributed by atoms with Crippen LogP contribution in [0.5, 0.6) is 0 Å². The fourth-order valence-electron chi connectivity index (χ4n) is 4.15. The summed E-state index contributed by atoms with van der Waals surface area (Å²) in [5.41, 5.74) is 3.82. The standard InChI is InChI=1S/C25H30N4O3S2/c1-15(2)16-10-12-17(13-11-16)22-27-28-25(29(22)3)33-14-20(30)26-23-21(24(31)32-4)18-8-6-5-7-9-19(18)34-23/h10-13,15H,5-9,14H2,1-4H3,(H,26,30). The smallest absolute Gasteiger partial charge is 0.341 e. The van der Waals surface area contributed by atoms with Crippen LogP contribution >= 0.6 is 23.1 Å². The van der Waals surface area contributed by atoms with E-state index in [1.54, 1.807) is 0 Å². The number of amides is 1. The van der Waals surface area contributed by atoms with Crippen LogP contribution in [-0.4, -0.2) is 39.5 Å². The van der Waals surface area contributed by atoms with Gasteiger partial charge in [0, 0.05) is 17.5 Å². The summed E-state index contributed by atoms with van der Waals surface area (Å²) in [4.78, 5) is 26.5. The molecule has 1 N–H and O–H groups in total. The number of fused-ring (bicyclic) bond motifs is 1. The van der Waals surface area contributed by atoms with Crippen molar-refractivity contribution in [3.05, 3.63) is 45.8 Å². The maximum Gasteiger partial charge on any atom is 0.341 e. The van der Waals surface area contributed by atoms with Gasteiger partial charge in [0.05, 0.1) is 18.4 Å². The number of aromatic nitrogens is 3. The van der Waals surface area contributed by atoms with Crippen LogP contribution in [0.15, 0.2) is 29.4 Å². The quantitative estimate of drug-likeness (QED) is 0.265. The fourth-order valence-corrected chi connectivity index (χ4v) is 6.16. The molecule has 4 rings (SSSR count). The van der Waals surface area contributed by atoms with E-state index in [0.717, 1.165) is 49.1 Å². The Morgan fingerprint density at radius 2 is 1.88 bits per heavy atom. The number of thioether (sulfide) groups is 1. The number of aryl methyl sites for hydroxylation is 1. The number of thiophene rings is 1. The SMILES string of the molecule is COC(=O)c1c(NC(=O)CSc2nnc(-c3ccc(C(C)C)cc3)n2C)sc2c1CCCCC2. The highest BCUT2D eigenvalue weighted by Crippen LogP contribution is 2.38. The summed E-state index contributed by atoms with van der Waals surface area (Å²) in [6.07, 6.45) is 5.09. The van der Waals surface area contributed by atoms with Crippen molar-refractivity contribution >= 4 is 40.0 Å². The molecule has 1 amide bonds. The number of esters is 1. The van der Waals surface area contributed by atoms with Gasteiger partial charge in [-0.1, -0.05) is 56.3 Å². The highest BCUT2D eigenvalue weighted by Gasteiger charge is 2.26. The van der Waals surface area contributed by atoms with Gasteiger partial charge in [-0.3, -0.25) is 4.79 Å². The molecule has 0 radical (unpaired) electrons. The van der Waals surface area contributed by atoms with Gasteiger partial charge >= 0.3 is 5.97 Å². The van der Waals surface area contributed by atoms with E-state index >= 15 is 0 Å². The van der Waals surface area contributed by atoms with Gasteiger partial charge in [-0.05, 0) is 42.7 Å². The van der Waals surface area contributed by atoms with Crippen LogP contribution in [0.1, 0.15) is 65.4 Å². The minimum Gasteiger partial charge on any atom is -0.465 e. The number of hydrogen-bond donors (Lipinski definition) is 1. The number of nitrogens with one attached hydrogen (secondary N) is 1. The second-order valence-electron chi connectivity index (χ2n) is 8.74. The molecule has 0 atom stereocenters. The highest BCUT2D eigenvalue weighted by molar-refractivity contribution is 7.99. The molecule has 7 nitrogen and oxygen atoms in total. The molecule has 0 aliphatic heterocycles. The topological polar surface area (TPSA) is 86.1 Å². The zero-order valence-electron chi connectivity index (χ0n) is 20.0. The number of ether oxygens (including phenoxy) is 1. The largest absolute Gasteiger partial charge is 0.465 e.